The Morgan fingerprint density at radius 2 is 1.63 bits per heavy atom. The number of fused-ring (bicyclic) bond motifs is 2. The van der Waals surface area contributed by atoms with Gasteiger partial charge in [0.15, 0.2) is 9.84 Å². The van der Waals surface area contributed by atoms with Crippen molar-refractivity contribution in [3.63, 3.8) is 0 Å². The van der Waals surface area contributed by atoms with Crippen molar-refractivity contribution in [3.8, 4) is 0 Å². The van der Waals surface area contributed by atoms with E-state index >= 15 is 0 Å². The molecule has 4 saturated heterocycles. The third kappa shape index (κ3) is 4.66. The van der Waals surface area contributed by atoms with E-state index in [4.69, 9.17) is 15.2 Å². The largest absolute Gasteiger partial charge is 0.426 e. The number of benzene rings is 1. The van der Waals surface area contributed by atoms with Crippen LogP contribution in [0.1, 0.15) is 45.7 Å². The summed E-state index contributed by atoms with van der Waals surface area (Å²) in [5.74, 6) is -3.32. The summed E-state index contributed by atoms with van der Waals surface area (Å²) >= 11 is 1.31. The fraction of sp³-hybridized carbons (Fsp3) is 0.560. The van der Waals surface area contributed by atoms with Gasteiger partial charge in [0.25, 0.3) is 0 Å². The van der Waals surface area contributed by atoms with Gasteiger partial charge in [-0.25, -0.2) is 18.0 Å². The lowest BCUT2D eigenvalue weighted by Crippen LogP contribution is -2.71. The minimum absolute atomic E-state index is 0. The Morgan fingerprint density at radius 3 is 2.22 bits per heavy atom. The lowest BCUT2D eigenvalue weighted by molar-refractivity contribution is -0.181. The summed E-state index contributed by atoms with van der Waals surface area (Å²) < 4.78 is 33.3. The molecule has 4 heterocycles. The number of rotatable bonds is 7. The molecule has 1 aromatic carbocycles. The molecule has 13 nitrogen and oxygen atoms in total. The summed E-state index contributed by atoms with van der Waals surface area (Å²) in [7, 11) is -3.80. The molecule has 3 N–H and O–H groups in total. The van der Waals surface area contributed by atoms with Crippen molar-refractivity contribution < 1.29 is 41.9 Å². The second-order valence-corrected chi connectivity index (χ2v) is 15.6. The molecule has 4 aliphatic heterocycles. The second kappa shape index (κ2) is 10.4. The van der Waals surface area contributed by atoms with Gasteiger partial charge in [-0.3, -0.25) is 14.4 Å². The van der Waals surface area contributed by atoms with Crippen molar-refractivity contribution in [2.45, 2.75) is 78.5 Å². The van der Waals surface area contributed by atoms with Gasteiger partial charge in [-0.15, -0.1) is 24.2 Å². The van der Waals surface area contributed by atoms with E-state index in [1.807, 2.05) is 0 Å². The predicted octanol–water partition coefficient (Wildman–Crippen LogP) is -0.167. The van der Waals surface area contributed by atoms with Crippen LogP contribution in [0.5, 0.6) is 0 Å². The van der Waals surface area contributed by atoms with Crippen LogP contribution in [0, 0.1) is 0 Å². The lowest BCUT2D eigenvalue weighted by atomic mass is 9.95. The first-order valence-corrected chi connectivity index (χ1v) is 15.0. The summed E-state index contributed by atoms with van der Waals surface area (Å²) in [5, 5.41) is 1.07. The number of carbonyl (C=O) groups is 5. The van der Waals surface area contributed by atoms with Crippen molar-refractivity contribution in [3.05, 3.63) is 35.9 Å². The van der Waals surface area contributed by atoms with Gasteiger partial charge in [-0.05, 0) is 33.3 Å². The van der Waals surface area contributed by atoms with Crippen LogP contribution in [-0.2, 0) is 43.3 Å². The van der Waals surface area contributed by atoms with Crippen LogP contribution in [0.15, 0.2) is 30.3 Å². The SMILES string of the molecule is CC1(C)S[C@@H]2C(NC(=O)C(N)c3ccccc3)C(=O)N2[C@H]1C(=O)OCOC(=O)[C@@H]1N2C(=O)C[C@H]2S(=O)(=O)C1(C)C.Cl. The Labute approximate surface area is 247 Å². The maximum atomic E-state index is 13.0. The first-order valence-electron chi connectivity index (χ1n) is 12.6. The molecule has 3 amide bonds. The standard InChI is InChI=1S/C25H30N4O9S2.ClH/c1-24(2)17(29-20(32)16(21(29)39-24)27-19(31)15(26)12-8-6-5-7-9-12)22(33)37-11-38-23(34)18-25(3,4)40(35,36)14-10-13(30)28(14)18;/h5-9,14-18,21H,10-11,26H2,1-4H3,(H,27,31);1H/t14-,15?,16?,17+,18+,21-;/m1./s1. The summed E-state index contributed by atoms with van der Waals surface area (Å²) in [6.07, 6.45) is -0.191. The van der Waals surface area contributed by atoms with E-state index in [0.29, 0.717) is 5.56 Å². The van der Waals surface area contributed by atoms with Crippen LogP contribution >= 0.6 is 24.2 Å². The Hall–Kier alpha value is -2.88. The Kier molecular flexibility index (Phi) is 7.91. The number of sulfone groups is 1. The van der Waals surface area contributed by atoms with Crippen LogP contribution in [0.3, 0.4) is 0 Å². The molecule has 1 aromatic rings. The zero-order valence-electron chi connectivity index (χ0n) is 22.6. The molecule has 6 atom stereocenters. The summed E-state index contributed by atoms with van der Waals surface area (Å²) in [6, 6.07) is 4.45. The molecule has 41 heavy (non-hydrogen) atoms. The van der Waals surface area contributed by atoms with E-state index in [-0.39, 0.29) is 18.8 Å². The molecule has 0 radical (unpaired) electrons. The number of nitrogens with one attached hydrogen (secondary N) is 1. The molecule has 0 saturated carbocycles. The average Bonchev–Trinajstić information content (AvgIpc) is 3.22. The number of halogens is 1. The van der Waals surface area contributed by atoms with E-state index in [1.54, 1.807) is 44.2 Å². The van der Waals surface area contributed by atoms with Gasteiger partial charge in [-0.2, -0.15) is 0 Å². The summed E-state index contributed by atoms with van der Waals surface area (Å²) in [5.41, 5.74) is 6.64. The van der Waals surface area contributed by atoms with Crippen molar-refractivity contribution >= 4 is 63.7 Å². The fourth-order valence-corrected chi connectivity index (χ4v) is 9.44. The average molecular weight is 631 g/mol. The van der Waals surface area contributed by atoms with E-state index in [2.05, 4.69) is 5.32 Å². The number of thioether (sulfide) groups is 1. The summed E-state index contributed by atoms with van der Waals surface area (Å²) in [6.45, 7) is 5.37. The number of amides is 3. The Morgan fingerprint density at radius 1 is 1.05 bits per heavy atom. The minimum atomic E-state index is -3.80. The monoisotopic (exact) mass is 630 g/mol. The van der Waals surface area contributed by atoms with Crippen molar-refractivity contribution in [1.82, 2.24) is 15.1 Å². The van der Waals surface area contributed by atoms with Crippen molar-refractivity contribution in [2.24, 2.45) is 5.73 Å². The minimum Gasteiger partial charge on any atom is -0.426 e. The highest BCUT2D eigenvalue weighted by Gasteiger charge is 2.68. The maximum absolute atomic E-state index is 13.0. The van der Waals surface area contributed by atoms with Gasteiger partial charge in [0, 0.05) is 4.75 Å². The number of ether oxygens (including phenoxy) is 2. The third-order valence-corrected chi connectivity index (χ3v) is 12.4. The van der Waals surface area contributed by atoms with E-state index in [0.717, 1.165) is 4.90 Å². The first kappa shape index (κ1) is 31.1. The Balaban J connectivity index is 0.00000387. The lowest BCUT2D eigenvalue weighted by Gasteiger charge is -2.44. The zero-order valence-corrected chi connectivity index (χ0v) is 25.1. The number of hydrogen-bond acceptors (Lipinski definition) is 11. The molecule has 0 aromatic heterocycles. The highest BCUT2D eigenvalue weighted by molar-refractivity contribution is 8.01. The Bertz CT molecular complexity index is 1400. The van der Waals surface area contributed by atoms with Gasteiger partial charge >= 0.3 is 11.9 Å². The van der Waals surface area contributed by atoms with Gasteiger partial charge < -0.3 is 30.3 Å². The summed E-state index contributed by atoms with van der Waals surface area (Å²) in [4.78, 5) is 65.9. The molecular weight excluding hydrogens is 600 g/mol. The predicted molar refractivity (Wildman–Crippen MR) is 148 cm³/mol. The molecule has 224 valence electrons. The highest BCUT2D eigenvalue weighted by Crippen LogP contribution is 2.51. The number of nitrogens with two attached hydrogens (primary N) is 1. The van der Waals surface area contributed by atoms with Crippen LogP contribution in [0.25, 0.3) is 0 Å². The van der Waals surface area contributed by atoms with Gasteiger partial charge in [0.1, 0.15) is 34.9 Å². The second-order valence-electron chi connectivity index (χ2n) is 11.2. The fourth-order valence-electron chi connectivity index (χ4n) is 5.69. The highest BCUT2D eigenvalue weighted by atomic mass is 35.5. The normalized spacial score (nSPS) is 30.5. The molecule has 0 bridgehead atoms. The molecule has 5 rings (SSSR count). The number of β-lactam (4-membered cyclic amide) rings is 2. The molecule has 4 aliphatic rings. The van der Waals surface area contributed by atoms with E-state index in [1.165, 1.54) is 30.5 Å². The molecule has 4 fully saturated rings. The van der Waals surface area contributed by atoms with E-state index < -0.39 is 90.7 Å². The number of hydrogen-bond donors (Lipinski definition) is 2. The van der Waals surface area contributed by atoms with Crippen LogP contribution < -0.4 is 11.1 Å². The first-order chi connectivity index (χ1) is 18.6. The van der Waals surface area contributed by atoms with Crippen LogP contribution in [-0.4, -0.2) is 93.0 Å². The molecular formula is C25H31ClN4O9S2. The molecule has 16 heteroatoms. The van der Waals surface area contributed by atoms with Crippen molar-refractivity contribution in [1.29, 1.82) is 0 Å². The zero-order chi connectivity index (χ0) is 29.4. The van der Waals surface area contributed by atoms with Crippen LogP contribution in [0.4, 0.5) is 0 Å². The topological polar surface area (TPSA) is 182 Å². The van der Waals surface area contributed by atoms with Gasteiger partial charge in [0.05, 0.1) is 11.2 Å². The van der Waals surface area contributed by atoms with E-state index in [9.17, 15) is 32.4 Å². The molecule has 2 unspecified atom stereocenters. The smallest absolute Gasteiger partial charge is 0.333 e. The number of nitrogens with zero attached hydrogens (tertiary/aromatic N) is 2. The number of carbonyl (C=O) groups excluding carboxylic acids is 5. The quantitative estimate of drug-likeness (QED) is 0.232. The third-order valence-electron chi connectivity index (χ3n) is 8.00. The maximum Gasteiger partial charge on any atom is 0.333 e. The van der Waals surface area contributed by atoms with Crippen LogP contribution in [0.2, 0.25) is 0 Å². The van der Waals surface area contributed by atoms with Crippen molar-refractivity contribution in [2.75, 3.05) is 6.79 Å². The number of esters is 2. The molecule has 0 aliphatic carbocycles. The molecule has 0 spiro atoms. The van der Waals surface area contributed by atoms with Gasteiger partial charge in [-0.1, -0.05) is 30.3 Å². The van der Waals surface area contributed by atoms with Gasteiger partial charge in [0.2, 0.25) is 24.5 Å².